The fraction of sp³-hybridized carbons (Fsp3) is 0.167. The highest BCUT2D eigenvalue weighted by atomic mass is 79.9. The van der Waals surface area contributed by atoms with Gasteiger partial charge in [-0.05, 0) is 48.2 Å². The number of alkyl halides is 1. The number of hydrogen-bond donors (Lipinski definition) is 5. The lowest BCUT2D eigenvalue weighted by Crippen LogP contribution is -2.18. The number of carboxylic acids is 4. The molecule has 0 saturated heterocycles. The molecule has 0 radical (unpaired) electrons. The van der Waals surface area contributed by atoms with E-state index >= 15 is 0 Å². The van der Waals surface area contributed by atoms with Gasteiger partial charge in [0.25, 0.3) is 0 Å². The Morgan fingerprint density at radius 2 is 1.57 bits per heavy atom. The number of fused-ring (bicyclic) bond motifs is 2. The van der Waals surface area contributed by atoms with Crippen LogP contribution in [0.25, 0.3) is 27.1 Å². The highest BCUT2D eigenvalue weighted by Gasteiger charge is 2.17. The molecule has 0 bridgehead atoms. The Morgan fingerprint density at radius 1 is 0.961 bits per heavy atom. The first-order valence-corrected chi connectivity index (χ1v) is 16.7. The summed E-state index contributed by atoms with van der Waals surface area (Å²) in [6.07, 6.45) is 0.966. The third-order valence-electron chi connectivity index (χ3n) is 6.61. The van der Waals surface area contributed by atoms with Crippen LogP contribution in [0.1, 0.15) is 40.2 Å². The van der Waals surface area contributed by atoms with Gasteiger partial charge in [-0.3, -0.25) is 9.59 Å². The fourth-order valence-corrected chi connectivity index (χ4v) is 5.38. The number of phenolic OH excluding ortho intramolecular Hbond substituents is 1. The molecule has 0 aliphatic carbocycles. The summed E-state index contributed by atoms with van der Waals surface area (Å²) in [4.78, 5) is 53.3. The molecule has 0 amide bonds. The van der Waals surface area contributed by atoms with E-state index in [0.717, 1.165) is 10.1 Å². The number of aryl methyl sites for hydroxylation is 1. The molecule has 0 aliphatic rings. The molecule has 2 heterocycles. The van der Waals surface area contributed by atoms with Gasteiger partial charge in [-0.15, -0.1) is 11.3 Å². The molecule has 15 heteroatoms. The number of aliphatic carboxylic acids is 3. The van der Waals surface area contributed by atoms with Crippen LogP contribution in [0.3, 0.4) is 0 Å². The van der Waals surface area contributed by atoms with E-state index in [1.807, 2.05) is 44.2 Å². The van der Waals surface area contributed by atoms with Gasteiger partial charge in [0.1, 0.15) is 32.7 Å². The summed E-state index contributed by atoms with van der Waals surface area (Å²) in [6, 6.07) is 22.2. The smallest absolute Gasteiger partial charge is 0.347 e. The Hall–Kier alpha value is -5.49. The highest BCUT2D eigenvalue weighted by molar-refractivity contribution is 9.10. The minimum Gasteiger partial charge on any atom is -0.508 e. The molecule has 1 atom stereocenters. The van der Waals surface area contributed by atoms with Gasteiger partial charge in [0.2, 0.25) is 0 Å². The molecule has 0 fully saturated rings. The zero-order chi connectivity index (χ0) is 38.4. The first-order chi connectivity index (χ1) is 24.0. The van der Waals surface area contributed by atoms with E-state index < -0.39 is 34.3 Å². The second kappa shape index (κ2) is 19.6. The third-order valence-corrected chi connectivity index (χ3v) is 9.72. The maximum atomic E-state index is 11.6. The normalized spacial score (nSPS) is 11.1. The summed E-state index contributed by atoms with van der Waals surface area (Å²) < 4.78 is 5.88. The lowest BCUT2D eigenvalue weighted by Gasteiger charge is -2.05. The number of phenols is 1. The molecular formula is C36H31BrClNO11S. The first-order valence-electron chi connectivity index (χ1n) is 14.6. The highest BCUT2D eigenvalue weighted by Crippen LogP contribution is 2.34. The Balaban J connectivity index is 0.000000243. The Bertz CT molecular complexity index is 2170. The number of nitriles is 1. The maximum absolute atomic E-state index is 11.6. The van der Waals surface area contributed by atoms with Gasteiger partial charge in [-0.2, -0.15) is 5.26 Å². The van der Waals surface area contributed by atoms with E-state index in [0.29, 0.717) is 21.5 Å². The Labute approximate surface area is 308 Å². The van der Waals surface area contributed by atoms with Crippen LogP contribution in [-0.4, -0.2) is 54.2 Å². The van der Waals surface area contributed by atoms with Crippen molar-refractivity contribution in [2.75, 3.05) is 0 Å². The van der Waals surface area contributed by atoms with E-state index in [1.165, 1.54) is 29.5 Å². The standard InChI is InChI=1S/C12H10O5.C10H7NO2.C9H5ClO2S.C5H9BrO2/c1-6-8-3-2-7(13)4-10(8)17-12(16)9(6)5-11(14)15;11-7-9(10(12)13)6-8-4-2-1-3-5-8;10-7-5-3-1-2-4-6(5)13-8(7)9(11)12;1-3(2)4(6)5(7)8/h2-4,13H,5H2,1H3,(H,14,15);1-6H,(H,12,13);1-4H,(H,11,12);3-4H,1-2H3,(H,7,8). The lowest BCUT2D eigenvalue weighted by atomic mass is 10.0. The molecule has 0 aliphatic heterocycles. The molecule has 5 rings (SSSR count). The second-order valence-electron chi connectivity index (χ2n) is 10.7. The number of benzene rings is 3. The minimum absolute atomic E-state index is 0.00830. The van der Waals surface area contributed by atoms with E-state index in [1.54, 1.807) is 43.3 Å². The average Bonchev–Trinajstić information content (AvgIpc) is 3.42. The van der Waals surface area contributed by atoms with Crippen LogP contribution in [0.2, 0.25) is 5.02 Å². The average molecular weight is 801 g/mol. The number of carbonyl (C=O) groups is 4. The van der Waals surface area contributed by atoms with Crippen LogP contribution in [0, 0.1) is 24.2 Å². The summed E-state index contributed by atoms with van der Waals surface area (Å²) in [5.41, 5.74) is 0.728. The number of nitrogens with zero attached hydrogens (tertiary/aromatic N) is 1. The van der Waals surface area contributed by atoms with Gasteiger partial charge in [-0.25, -0.2) is 14.4 Å². The second-order valence-corrected chi connectivity index (χ2v) is 13.1. The van der Waals surface area contributed by atoms with E-state index in [2.05, 4.69) is 15.9 Å². The summed E-state index contributed by atoms with van der Waals surface area (Å²) in [5, 5.41) is 53.9. The van der Waals surface area contributed by atoms with E-state index in [9.17, 15) is 29.1 Å². The van der Waals surface area contributed by atoms with Crippen LogP contribution in [0.15, 0.2) is 87.6 Å². The predicted octanol–water partition coefficient (Wildman–Crippen LogP) is 7.86. The van der Waals surface area contributed by atoms with Crippen molar-refractivity contribution < 1.29 is 49.1 Å². The Morgan fingerprint density at radius 3 is 2.06 bits per heavy atom. The lowest BCUT2D eigenvalue weighted by molar-refractivity contribution is -0.137. The van der Waals surface area contributed by atoms with Crippen molar-refractivity contribution in [2.24, 2.45) is 5.92 Å². The zero-order valence-corrected chi connectivity index (χ0v) is 30.3. The minimum atomic E-state index is -1.20. The molecule has 51 heavy (non-hydrogen) atoms. The van der Waals surface area contributed by atoms with Crippen LogP contribution < -0.4 is 5.63 Å². The zero-order valence-electron chi connectivity index (χ0n) is 27.2. The molecular weight excluding hydrogens is 770 g/mol. The molecule has 1 unspecified atom stereocenters. The number of rotatable bonds is 7. The number of halogens is 2. The van der Waals surface area contributed by atoms with E-state index in [4.69, 9.17) is 41.7 Å². The first kappa shape index (κ1) is 41.7. The van der Waals surface area contributed by atoms with Crippen molar-refractivity contribution in [1.82, 2.24) is 0 Å². The molecule has 5 aromatic rings. The molecule has 12 nitrogen and oxygen atoms in total. The summed E-state index contributed by atoms with van der Waals surface area (Å²) in [7, 11) is 0. The quantitative estimate of drug-likeness (QED) is 0.0459. The number of thiophene rings is 1. The van der Waals surface area contributed by atoms with Gasteiger partial charge in [0, 0.05) is 21.5 Å². The van der Waals surface area contributed by atoms with Crippen molar-refractivity contribution in [2.45, 2.75) is 32.0 Å². The molecule has 0 saturated carbocycles. The van der Waals surface area contributed by atoms with Gasteiger partial charge < -0.3 is 29.9 Å². The summed E-state index contributed by atoms with van der Waals surface area (Å²) in [5.74, 6) is -3.89. The van der Waals surface area contributed by atoms with Crippen LogP contribution in [0.4, 0.5) is 0 Å². The topological polar surface area (TPSA) is 223 Å². The van der Waals surface area contributed by atoms with Crippen LogP contribution in [0.5, 0.6) is 5.75 Å². The van der Waals surface area contributed by atoms with Gasteiger partial charge in [0.05, 0.1) is 17.0 Å². The van der Waals surface area contributed by atoms with Crippen LogP contribution in [-0.2, 0) is 20.8 Å². The summed E-state index contributed by atoms with van der Waals surface area (Å²) in [6.45, 7) is 5.37. The predicted molar refractivity (Wildman–Crippen MR) is 197 cm³/mol. The SMILES string of the molecule is CC(C)C(Br)C(=O)O.Cc1c(CC(=O)O)c(=O)oc2cc(O)ccc12.N#CC(=Cc1ccccc1)C(=O)O.O=C(O)c1sc2ccccc2c1Cl. The van der Waals surface area contributed by atoms with Gasteiger partial charge in [-0.1, -0.05) is 89.9 Å². The number of aromatic carboxylic acids is 1. The Kier molecular flexibility index (Phi) is 16.0. The number of carboxylic acid groups (broad SMARTS) is 4. The largest absolute Gasteiger partial charge is 0.508 e. The molecule has 5 N–H and O–H groups in total. The third kappa shape index (κ3) is 12.4. The van der Waals surface area contributed by atoms with Crippen LogP contribution >= 0.6 is 38.9 Å². The maximum Gasteiger partial charge on any atom is 0.347 e. The van der Waals surface area contributed by atoms with Crippen molar-refractivity contribution in [1.29, 1.82) is 5.26 Å². The van der Waals surface area contributed by atoms with E-state index in [-0.39, 0.29) is 39.7 Å². The van der Waals surface area contributed by atoms with Crippen molar-refractivity contribution in [3.8, 4) is 11.8 Å². The van der Waals surface area contributed by atoms with Gasteiger partial charge >= 0.3 is 29.5 Å². The van der Waals surface area contributed by atoms with Crippen molar-refractivity contribution >= 4 is 89.9 Å². The van der Waals surface area contributed by atoms with Gasteiger partial charge in [0.15, 0.2) is 0 Å². The van der Waals surface area contributed by atoms with Crippen molar-refractivity contribution in [3.05, 3.63) is 115 Å². The number of hydrogen-bond acceptors (Lipinski definition) is 9. The monoisotopic (exact) mass is 799 g/mol. The summed E-state index contributed by atoms with van der Waals surface area (Å²) >= 11 is 10.1. The molecule has 266 valence electrons. The molecule has 0 spiro atoms. The fourth-order valence-electron chi connectivity index (χ4n) is 4.03. The van der Waals surface area contributed by atoms with Crippen molar-refractivity contribution in [3.63, 3.8) is 0 Å². The molecule has 2 aromatic heterocycles. The number of aromatic hydroxyl groups is 1. The molecule has 3 aromatic carbocycles.